The van der Waals surface area contributed by atoms with Crippen molar-refractivity contribution in [2.75, 3.05) is 18.0 Å². The smallest absolute Gasteiger partial charge is 0.105 e. The van der Waals surface area contributed by atoms with Crippen LogP contribution in [0.1, 0.15) is 31.7 Å². The van der Waals surface area contributed by atoms with Crippen molar-refractivity contribution in [1.82, 2.24) is 0 Å². The molecule has 1 aliphatic heterocycles. The van der Waals surface area contributed by atoms with Crippen LogP contribution in [-0.2, 0) is 0 Å². The van der Waals surface area contributed by atoms with E-state index < -0.39 is 0 Å². The highest BCUT2D eigenvalue weighted by Crippen LogP contribution is 2.28. The Kier molecular flexibility index (Phi) is 4.62. The molecule has 1 aliphatic rings. The molecule has 0 unspecified atom stereocenters. The van der Waals surface area contributed by atoms with Gasteiger partial charge in [0, 0.05) is 28.8 Å². The number of halogens is 1. The quantitative estimate of drug-likeness (QED) is 0.858. The molecule has 1 fully saturated rings. The zero-order valence-electron chi connectivity index (χ0n) is 10.7. The number of nitrogens with zero attached hydrogens (tertiary/aromatic N) is 1. The first-order chi connectivity index (χ1) is 8.61. The van der Waals surface area contributed by atoms with E-state index in [1.807, 2.05) is 6.07 Å². The Morgan fingerprint density at radius 2 is 2.11 bits per heavy atom. The summed E-state index contributed by atoms with van der Waals surface area (Å²) >= 11 is 8.56. The van der Waals surface area contributed by atoms with E-state index in [1.165, 1.54) is 24.9 Å². The molecule has 4 heteroatoms. The van der Waals surface area contributed by atoms with E-state index in [-0.39, 0.29) is 0 Å². The van der Waals surface area contributed by atoms with Crippen molar-refractivity contribution < 1.29 is 0 Å². The first-order valence-electron chi connectivity index (χ1n) is 6.46. The second-order valence-electron chi connectivity index (χ2n) is 4.87. The summed E-state index contributed by atoms with van der Waals surface area (Å²) in [5.74, 6) is 0.903. The number of rotatable bonds is 3. The van der Waals surface area contributed by atoms with Gasteiger partial charge >= 0.3 is 0 Å². The summed E-state index contributed by atoms with van der Waals surface area (Å²) in [7, 11) is 0. The Morgan fingerprint density at radius 3 is 2.61 bits per heavy atom. The maximum absolute atomic E-state index is 5.67. The lowest BCUT2D eigenvalue weighted by Gasteiger charge is -2.33. The number of piperidine rings is 1. The summed E-state index contributed by atoms with van der Waals surface area (Å²) in [6, 6.07) is 6.25. The maximum atomic E-state index is 5.67. The molecule has 0 atom stereocenters. The van der Waals surface area contributed by atoms with Crippen LogP contribution in [0, 0.1) is 5.92 Å². The molecule has 2 nitrogen and oxygen atoms in total. The molecule has 1 aromatic carbocycles. The van der Waals surface area contributed by atoms with Gasteiger partial charge in [0.05, 0.1) is 0 Å². The van der Waals surface area contributed by atoms with Crippen molar-refractivity contribution in [2.24, 2.45) is 11.7 Å². The highest BCUT2D eigenvalue weighted by atomic mass is 79.9. The summed E-state index contributed by atoms with van der Waals surface area (Å²) in [6.45, 7) is 4.59. The average molecular weight is 327 g/mol. The van der Waals surface area contributed by atoms with E-state index in [0.29, 0.717) is 4.99 Å². The van der Waals surface area contributed by atoms with Crippen LogP contribution >= 0.6 is 28.1 Å². The van der Waals surface area contributed by atoms with Crippen LogP contribution in [-0.4, -0.2) is 18.1 Å². The van der Waals surface area contributed by atoms with Crippen LogP contribution in [0.4, 0.5) is 5.69 Å². The minimum absolute atomic E-state index is 0.443. The van der Waals surface area contributed by atoms with Crippen molar-refractivity contribution in [3.63, 3.8) is 0 Å². The van der Waals surface area contributed by atoms with Crippen molar-refractivity contribution in [1.29, 1.82) is 0 Å². The van der Waals surface area contributed by atoms with Crippen LogP contribution in [0.15, 0.2) is 22.7 Å². The topological polar surface area (TPSA) is 29.3 Å². The van der Waals surface area contributed by atoms with Gasteiger partial charge in [-0.3, -0.25) is 0 Å². The second kappa shape index (κ2) is 6.02. The minimum Gasteiger partial charge on any atom is -0.389 e. The van der Waals surface area contributed by atoms with Gasteiger partial charge in [-0.25, -0.2) is 0 Å². The van der Waals surface area contributed by atoms with Gasteiger partial charge in [-0.1, -0.05) is 25.6 Å². The van der Waals surface area contributed by atoms with Gasteiger partial charge in [0.15, 0.2) is 0 Å². The number of nitrogens with two attached hydrogens (primary N) is 1. The highest BCUT2D eigenvalue weighted by Gasteiger charge is 2.18. The molecule has 0 radical (unpaired) electrons. The van der Waals surface area contributed by atoms with Crippen molar-refractivity contribution in [3.8, 4) is 0 Å². The summed E-state index contributed by atoms with van der Waals surface area (Å²) in [5, 5.41) is 0. The highest BCUT2D eigenvalue weighted by molar-refractivity contribution is 9.10. The van der Waals surface area contributed by atoms with Crippen molar-refractivity contribution >= 4 is 38.8 Å². The molecule has 1 heterocycles. The van der Waals surface area contributed by atoms with Gasteiger partial charge < -0.3 is 10.6 Å². The van der Waals surface area contributed by atoms with Crippen LogP contribution in [0.5, 0.6) is 0 Å². The Bertz CT molecular complexity index is 439. The van der Waals surface area contributed by atoms with Crippen molar-refractivity contribution in [2.45, 2.75) is 26.2 Å². The molecule has 0 aromatic heterocycles. The summed E-state index contributed by atoms with van der Waals surface area (Å²) in [6.07, 6.45) is 3.90. The Balaban J connectivity index is 2.11. The van der Waals surface area contributed by atoms with E-state index in [9.17, 15) is 0 Å². The molecule has 98 valence electrons. The molecule has 0 spiro atoms. The van der Waals surface area contributed by atoms with E-state index in [1.54, 1.807) is 0 Å². The third-order valence-electron chi connectivity index (χ3n) is 3.78. The lowest BCUT2D eigenvalue weighted by Crippen LogP contribution is -2.33. The summed E-state index contributed by atoms with van der Waals surface area (Å²) < 4.78 is 0.991. The molecular formula is C14H19BrN2S. The van der Waals surface area contributed by atoms with E-state index >= 15 is 0 Å². The first-order valence-corrected chi connectivity index (χ1v) is 7.66. The summed E-state index contributed by atoms with van der Waals surface area (Å²) in [5.41, 5.74) is 7.84. The third-order valence-corrected chi connectivity index (χ3v) is 4.65. The molecule has 0 amide bonds. The van der Waals surface area contributed by atoms with Gasteiger partial charge in [0.2, 0.25) is 0 Å². The van der Waals surface area contributed by atoms with E-state index in [4.69, 9.17) is 18.0 Å². The number of benzene rings is 1. The van der Waals surface area contributed by atoms with Crippen LogP contribution in [0.3, 0.4) is 0 Å². The van der Waals surface area contributed by atoms with Gasteiger partial charge in [-0.15, -0.1) is 0 Å². The minimum atomic E-state index is 0.443. The van der Waals surface area contributed by atoms with Crippen LogP contribution < -0.4 is 10.6 Å². The molecule has 1 aromatic rings. The normalized spacial score (nSPS) is 16.9. The predicted octanol–water partition coefficient (Wildman–Crippen LogP) is 3.71. The van der Waals surface area contributed by atoms with Crippen LogP contribution in [0.2, 0.25) is 0 Å². The molecule has 2 N–H and O–H groups in total. The summed E-state index contributed by atoms with van der Waals surface area (Å²) in [4.78, 5) is 2.89. The average Bonchev–Trinajstić information content (AvgIpc) is 2.38. The lowest BCUT2D eigenvalue weighted by atomic mass is 9.94. The Labute approximate surface area is 123 Å². The van der Waals surface area contributed by atoms with Gasteiger partial charge in [0.1, 0.15) is 4.99 Å². The fourth-order valence-corrected chi connectivity index (χ4v) is 3.39. The molecule has 1 saturated heterocycles. The van der Waals surface area contributed by atoms with Gasteiger partial charge in [0.25, 0.3) is 0 Å². The number of anilines is 1. The van der Waals surface area contributed by atoms with Gasteiger partial charge in [-0.05, 0) is 52.9 Å². The van der Waals surface area contributed by atoms with Crippen molar-refractivity contribution in [3.05, 3.63) is 28.2 Å². The van der Waals surface area contributed by atoms with E-state index in [2.05, 4.69) is 39.9 Å². The molecule has 0 bridgehead atoms. The number of hydrogen-bond acceptors (Lipinski definition) is 2. The monoisotopic (exact) mass is 326 g/mol. The lowest BCUT2D eigenvalue weighted by molar-refractivity contribution is 0.395. The zero-order valence-corrected chi connectivity index (χ0v) is 13.1. The molecule has 0 saturated carbocycles. The van der Waals surface area contributed by atoms with Crippen LogP contribution in [0.25, 0.3) is 0 Å². The molecule has 18 heavy (non-hydrogen) atoms. The second-order valence-corrected chi connectivity index (χ2v) is 6.16. The Morgan fingerprint density at radius 1 is 1.44 bits per heavy atom. The standard InChI is InChI=1S/C14H19BrN2S/c1-2-10-5-7-17(8-6-10)11-3-4-12(14(16)18)13(15)9-11/h3-4,9-10H,2,5-8H2,1H3,(H2,16,18). The fourth-order valence-electron chi connectivity index (χ4n) is 2.50. The third kappa shape index (κ3) is 3.04. The van der Waals surface area contributed by atoms with E-state index in [0.717, 1.165) is 29.0 Å². The fraction of sp³-hybridized carbons (Fsp3) is 0.500. The Hall–Kier alpha value is -0.610. The maximum Gasteiger partial charge on any atom is 0.105 e. The zero-order chi connectivity index (χ0) is 13.1. The SMILES string of the molecule is CCC1CCN(c2ccc(C(N)=S)c(Br)c2)CC1. The largest absolute Gasteiger partial charge is 0.389 e. The molecule has 2 rings (SSSR count). The number of hydrogen-bond donors (Lipinski definition) is 1. The van der Waals surface area contributed by atoms with Gasteiger partial charge in [-0.2, -0.15) is 0 Å². The first kappa shape index (κ1) is 13.8. The molecule has 0 aliphatic carbocycles. The molecular weight excluding hydrogens is 308 g/mol. The number of thiocarbonyl (C=S) groups is 1. The predicted molar refractivity (Wildman–Crippen MR) is 85.3 cm³/mol.